The molecule has 1 heterocycles. The second-order valence-corrected chi connectivity index (χ2v) is 7.20. The second kappa shape index (κ2) is 8.26. The molecular formula is C19H18Cl2N2O6. The number of halogens is 2. The van der Waals surface area contributed by atoms with Crippen molar-refractivity contribution in [3.8, 4) is 23.0 Å². The van der Waals surface area contributed by atoms with E-state index in [0.717, 1.165) is 12.1 Å². The van der Waals surface area contributed by atoms with E-state index in [1.165, 1.54) is 23.0 Å². The number of aromatic hydroxyl groups is 3. The number of phenolic OH excluding ortho intramolecular Hbond substituents is 3. The van der Waals surface area contributed by atoms with Crippen molar-refractivity contribution in [1.82, 2.24) is 9.80 Å². The third-order valence-electron chi connectivity index (χ3n) is 4.65. The minimum absolute atomic E-state index is 0.0251. The average Bonchev–Trinajstić information content (AvgIpc) is 2.72. The number of piperazine rings is 1. The van der Waals surface area contributed by atoms with Gasteiger partial charge in [-0.15, -0.1) is 0 Å². The van der Waals surface area contributed by atoms with Gasteiger partial charge in [0.2, 0.25) is 0 Å². The molecule has 3 rings (SSSR count). The van der Waals surface area contributed by atoms with Gasteiger partial charge in [-0.2, -0.15) is 0 Å². The van der Waals surface area contributed by atoms with E-state index in [1.54, 1.807) is 6.07 Å². The van der Waals surface area contributed by atoms with E-state index in [1.807, 2.05) is 0 Å². The van der Waals surface area contributed by atoms with Gasteiger partial charge in [0, 0.05) is 31.7 Å². The van der Waals surface area contributed by atoms with Crippen molar-refractivity contribution in [3.63, 3.8) is 0 Å². The molecule has 0 spiro atoms. The van der Waals surface area contributed by atoms with Gasteiger partial charge in [0.1, 0.15) is 5.56 Å². The number of ether oxygens (including phenoxy) is 1. The van der Waals surface area contributed by atoms with Gasteiger partial charge in [-0.3, -0.25) is 9.59 Å². The SMILES string of the molecule is COc1c(Cl)ccc(Cl)c1C(=O)N1CCN(C(=O)c2cc(O)c(O)c(O)c2)CC1. The average molecular weight is 441 g/mol. The summed E-state index contributed by atoms with van der Waals surface area (Å²) in [6.07, 6.45) is 0. The van der Waals surface area contributed by atoms with Gasteiger partial charge in [0.15, 0.2) is 23.0 Å². The number of nitrogens with zero attached hydrogens (tertiary/aromatic N) is 2. The molecule has 2 aromatic carbocycles. The molecule has 1 aliphatic rings. The Morgan fingerprint density at radius 1 is 0.897 bits per heavy atom. The molecule has 1 aliphatic heterocycles. The van der Waals surface area contributed by atoms with E-state index in [2.05, 4.69) is 0 Å². The molecule has 0 aliphatic carbocycles. The summed E-state index contributed by atoms with van der Waals surface area (Å²) in [5.41, 5.74) is 0.187. The Morgan fingerprint density at radius 3 is 1.90 bits per heavy atom. The number of amides is 2. The van der Waals surface area contributed by atoms with Crippen LogP contribution in [0.4, 0.5) is 0 Å². The highest BCUT2D eigenvalue weighted by atomic mass is 35.5. The smallest absolute Gasteiger partial charge is 0.259 e. The van der Waals surface area contributed by atoms with Gasteiger partial charge in [-0.25, -0.2) is 0 Å². The maximum absolute atomic E-state index is 12.9. The molecule has 0 aromatic heterocycles. The molecule has 3 N–H and O–H groups in total. The van der Waals surface area contributed by atoms with E-state index in [0.29, 0.717) is 0 Å². The molecule has 0 unspecified atom stereocenters. The zero-order chi connectivity index (χ0) is 21.3. The van der Waals surface area contributed by atoms with Crippen molar-refractivity contribution in [2.45, 2.75) is 0 Å². The molecule has 1 fully saturated rings. The highest BCUT2D eigenvalue weighted by Crippen LogP contribution is 2.36. The minimum atomic E-state index is -0.690. The molecule has 8 nitrogen and oxygen atoms in total. The van der Waals surface area contributed by atoms with Crippen LogP contribution in [0.5, 0.6) is 23.0 Å². The fourth-order valence-electron chi connectivity index (χ4n) is 3.11. The maximum Gasteiger partial charge on any atom is 0.259 e. The highest BCUT2D eigenvalue weighted by molar-refractivity contribution is 6.37. The number of phenols is 3. The van der Waals surface area contributed by atoms with Crippen LogP contribution in [0.1, 0.15) is 20.7 Å². The Balaban J connectivity index is 1.74. The second-order valence-electron chi connectivity index (χ2n) is 6.38. The Kier molecular flexibility index (Phi) is 5.95. The number of carbonyl (C=O) groups is 2. The first-order valence-electron chi connectivity index (χ1n) is 8.60. The fourth-order valence-corrected chi connectivity index (χ4v) is 3.58. The van der Waals surface area contributed by atoms with Crippen LogP contribution in [0.25, 0.3) is 0 Å². The summed E-state index contributed by atoms with van der Waals surface area (Å²) in [7, 11) is 1.40. The van der Waals surface area contributed by atoms with Crippen LogP contribution in [0.2, 0.25) is 10.0 Å². The molecule has 154 valence electrons. The molecule has 2 amide bonds. The lowest BCUT2D eigenvalue weighted by Gasteiger charge is -2.35. The first-order valence-corrected chi connectivity index (χ1v) is 9.35. The summed E-state index contributed by atoms with van der Waals surface area (Å²) in [4.78, 5) is 28.6. The van der Waals surface area contributed by atoms with Gasteiger partial charge in [-0.05, 0) is 24.3 Å². The maximum atomic E-state index is 12.9. The van der Waals surface area contributed by atoms with E-state index in [9.17, 15) is 24.9 Å². The lowest BCUT2D eigenvalue weighted by molar-refractivity contribution is 0.0533. The van der Waals surface area contributed by atoms with Crippen molar-refractivity contribution in [2.75, 3.05) is 33.3 Å². The first kappa shape index (κ1) is 20.9. The topological polar surface area (TPSA) is 111 Å². The first-order chi connectivity index (χ1) is 13.7. The molecule has 0 saturated carbocycles. The number of hydrogen-bond acceptors (Lipinski definition) is 6. The Labute approximate surface area is 176 Å². The van der Waals surface area contributed by atoms with Gasteiger partial charge in [0.05, 0.1) is 17.2 Å². The molecule has 0 bridgehead atoms. The predicted molar refractivity (Wildman–Crippen MR) is 106 cm³/mol. The van der Waals surface area contributed by atoms with Crippen molar-refractivity contribution >= 4 is 35.0 Å². The van der Waals surface area contributed by atoms with E-state index in [4.69, 9.17) is 27.9 Å². The zero-order valence-corrected chi connectivity index (χ0v) is 16.9. The van der Waals surface area contributed by atoms with Crippen LogP contribution in [-0.2, 0) is 0 Å². The largest absolute Gasteiger partial charge is 0.504 e. The molecule has 29 heavy (non-hydrogen) atoms. The quantitative estimate of drug-likeness (QED) is 0.632. The normalized spacial score (nSPS) is 14.0. The summed E-state index contributed by atoms with van der Waals surface area (Å²) in [5, 5.41) is 29.1. The van der Waals surface area contributed by atoms with Gasteiger partial charge >= 0.3 is 0 Å². The minimum Gasteiger partial charge on any atom is -0.504 e. The molecular weight excluding hydrogens is 423 g/mol. The third kappa shape index (κ3) is 3.99. The number of rotatable bonds is 3. The van der Waals surface area contributed by atoms with Crippen LogP contribution >= 0.6 is 23.2 Å². The van der Waals surface area contributed by atoms with Gasteiger partial charge in [0.25, 0.3) is 11.8 Å². The number of methoxy groups -OCH3 is 1. The van der Waals surface area contributed by atoms with E-state index in [-0.39, 0.29) is 59.0 Å². The van der Waals surface area contributed by atoms with Crippen molar-refractivity contribution in [2.24, 2.45) is 0 Å². The summed E-state index contributed by atoms with van der Waals surface area (Å²) < 4.78 is 5.22. The Bertz CT molecular complexity index is 950. The third-order valence-corrected chi connectivity index (χ3v) is 5.26. The van der Waals surface area contributed by atoms with Crippen LogP contribution in [0.3, 0.4) is 0 Å². The van der Waals surface area contributed by atoms with E-state index < -0.39 is 23.2 Å². The van der Waals surface area contributed by atoms with E-state index >= 15 is 0 Å². The summed E-state index contributed by atoms with van der Waals surface area (Å²) >= 11 is 12.3. The van der Waals surface area contributed by atoms with Crippen molar-refractivity contribution < 1.29 is 29.6 Å². The Hall–Kier alpha value is -2.84. The summed E-state index contributed by atoms with van der Waals surface area (Å²) in [6, 6.07) is 5.21. The highest BCUT2D eigenvalue weighted by Gasteiger charge is 2.29. The van der Waals surface area contributed by atoms with Crippen molar-refractivity contribution in [3.05, 3.63) is 45.4 Å². The number of hydrogen-bond donors (Lipinski definition) is 3. The monoisotopic (exact) mass is 440 g/mol. The lowest BCUT2D eigenvalue weighted by Crippen LogP contribution is -2.50. The molecule has 0 radical (unpaired) electrons. The van der Waals surface area contributed by atoms with Gasteiger partial charge < -0.3 is 29.9 Å². The number of carbonyl (C=O) groups excluding carboxylic acids is 2. The predicted octanol–water partition coefficient (Wildman–Crippen LogP) is 2.72. The zero-order valence-electron chi connectivity index (χ0n) is 15.4. The molecule has 10 heteroatoms. The van der Waals surface area contributed by atoms with Crippen LogP contribution in [-0.4, -0.2) is 70.2 Å². The Morgan fingerprint density at radius 2 is 1.38 bits per heavy atom. The summed E-state index contributed by atoms with van der Waals surface area (Å²) in [5.74, 6) is -2.49. The van der Waals surface area contributed by atoms with Crippen LogP contribution < -0.4 is 4.74 Å². The molecule has 2 aromatic rings. The van der Waals surface area contributed by atoms with Gasteiger partial charge in [-0.1, -0.05) is 23.2 Å². The fraction of sp³-hybridized carbons (Fsp3) is 0.263. The summed E-state index contributed by atoms with van der Waals surface area (Å²) in [6.45, 7) is 0.945. The molecule has 0 atom stereocenters. The lowest BCUT2D eigenvalue weighted by atomic mass is 10.1. The van der Waals surface area contributed by atoms with Crippen molar-refractivity contribution in [1.29, 1.82) is 0 Å². The number of benzene rings is 2. The molecule has 1 saturated heterocycles. The standard InChI is InChI=1S/C19H18Cl2N2O6/c1-29-17-12(21)3-2-11(20)15(17)19(28)23-6-4-22(5-7-23)18(27)10-8-13(24)16(26)14(25)9-10/h2-3,8-9,24-26H,4-7H2,1H3. The van der Waals surface area contributed by atoms with Crippen LogP contribution in [0.15, 0.2) is 24.3 Å². The van der Waals surface area contributed by atoms with Crippen LogP contribution in [0, 0.1) is 0 Å².